The number of aromatic nitrogens is 2. The van der Waals surface area contributed by atoms with Crippen molar-refractivity contribution in [3.63, 3.8) is 0 Å². The minimum atomic E-state index is 0. The van der Waals surface area contributed by atoms with Crippen LogP contribution in [0.5, 0.6) is 11.5 Å². The van der Waals surface area contributed by atoms with E-state index >= 15 is 0 Å². The smallest absolute Gasteiger partial charge is 0.124 e. The summed E-state index contributed by atoms with van der Waals surface area (Å²) in [6.07, 6.45) is 3.38. The van der Waals surface area contributed by atoms with Crippen molar-refractivity contribution in [2.45, 2.75) is 13.8 Å². The number of aryl methyl sites for hydroxylation is 2. The Balaban J connectivity index is 0.000000288. The van der Waals surface area contributed by atoms with Gasteiger partial charge >= 0.3 is 0 Å². The van der Waals surface area contributed by atoms with Gasteiger partial charge in [-0.3, -0.25) is 9.98 Å². The molecule has 0 saturated heterocycles. The molecule has 1 aromatic heterocycles. The van der Waals surface area contributed by atoms with Gasteiger partial charge in [0.2, 0.25) is 0 Å². The number of aromatic hydroxyl groups is 1. The van der Waals surface area contributed by atoms with Crippen molar-refractivity contribution in [2.75, 3.05) is 14.2 Å². The minimum absolute atomic E-state index is 0. The molecule has 6 heteroatoms. The van der Waals surface area contributed by atoms with E-state index in [0.717, 1.165) is 34.0 Å². The van der Waals surface area contributed by atoms with Crippen molar-refractivity contribution in [1.82, 2.24) is 9.97 Å². The molecule has 3 rings (SSSR count). The molecule has 143 valence electrons. The van der Waals surface area contributed by atoms with E-state index in [-0.39, 0.29) is 25.9 Å². The monoisotopic (exact) mass is 541 g/mol. The number of nitrogens with zero attached hydrogens (tertiary/aromatic N) is 3. The summed E-state index contributed by atoms with van der Waals surface area (Å²) in [7, 11) is 3.32. The van der Waals surface area contributed by atoms with E-state index in [9.17, 15) is 0 Å². The molecule has 27 heavy (non-hydrogen) atoms. The average Bonchev–Trinajstić information content (AvgIpc) is 2.64. The first-order chi connectivity index (χ1) is 12.5. The van der Waals surface area contributed by atoms with Crippen LogP contribution in [0.2, 0.25) is 0 Å². The fourth-order valence-electron chi connectivity index (χ4n) is 2.31. The first-order valence-corrected chi connectivity index (χ1v) is 8.11. The first kappa shape index (κ1) is 22.5. The molecule has 5 nitrogen and oxygen atoms in total. The molecular weight excluding hydrogens is 518 g/mol. The van der Waals surface area contributed by atoms with E-state index in [1.165, 1.54) is 0 Å². The molecule has 0 spiro atoms. The summed E-state index contributed by atoms with van der Waals surface area (Å²) in [5.74, 6) is 1.07. The SMILES string of the molecule is CN=Cc1ccccc1O.COc1cc[c-]c(-c2ncc(C)nc2C)c1.[Ir]. The van der Waals surface area contributed by atoms with Crippen LogP contribution < -0.4 is 4.74 Å². The van der Waals surface area contributed by atoms with Gasteiger partial charge in [0.1, 0.15) is 5.75 Å². The van der Waals surface area contributed by atoms with E-state index in [1.54, 1.807) is 38.7 Å². The van der Waals surface area contributed by atoms with Crippen LogP contribution in [-0.2, 0) is 20.1 Å². The Morgan fingerprint density at radius 1 is 1.19 bits per heavy atom. The molecule has 0 atom stereocenters. The molecule has 0 aliphatic heterocycles. The van der Waals surface area contributed by atoms with Crippen molar-refractivity contribution >= 4 is 6.21 Å². The molecule has 2 aromatic carbocycles. The van der Waals surface area contributed by atoms with Crippen molar-refractivity contribution < 1.29 is 29.9 Å². The molecule has 1 heterocycles. The summed E-state index contributed by atoms with van der Waals surface area (Å²) in [6, 6.07) is 15.8. The van der Waals surface area contributed by atoms with Crippen LogP contribution in [0.25, 0.3) is 11.3 Å². The van der Waals surface area contributed by atoms with Crippen molar-refractivity contribution in [1.29, 1.82) is 0 Å². The number of methoxy groups -OCH3 is 1. The Morgan fingerprint density at radius 3 is 2.56 bits per heavy atom. The molecule has 0 bridgehead atoms. The van der Waals surface area contributed by atoms with Gasteiger partial charge in [-0.05, 0) is 26.0 Å². The molecule has 0 aliphatic rings. The van der Waals surface area contributed by atoms with Gasteiger partial charge in [-0.2, -0.15) is 0 Å². The topological polar surface area (TPSA) is 67.6 Å². The Morgan fingerprint density at radius 2 is 1.93 bits per heavy atom. The summed E-state index contributed by atoms with van der Waals surface area (Å²) in [4.78, 5) is 12.5. The summed E-state index contributed by atoms with van der Waals surface area (Å²) < 4.78 is 5.17. The molecule has 0 saturated carbocycles. The van der Waals surface area contributed by atoms with Crippen LogP contribution >= 0.6 is 0 Å². The maximum atomic E-state index is 9.15. The molecule has 1 N–H and O–H groups in total. The quantitative estimate of drug-likeness (QED) is 0.403. The van der Waals surface area contributed by atoms with Crippen molar-refractivity contribution in [3.05, 3.63) is 71.7 Å². The van der Waals surface area contributed by atoms with Gasteiger partial charge < -0.3 is 14.8 Å². The van der Waals surface area contributed by atoms with Crippen molar-refractivity contribution in [2.24, 2.45) is 4.99 Å². The Kier molecular flexibility index (Phi) is 9.34. The average molecular weight is 541 g/mol. The predicted octanol–water partition coefficient (Wildman–Crippen LogP) is 4.01. The number of phenolic OH excluding ortho intramolecular Hbond substituents is 1. The number of aliphatic imine (C=N–C) groups is 1. The Hall–Kier alpha value is -2.56. The summed E-state index contributed by atoms with van der Waals surface area (Å²) >= 11 is 0. The van der Waals surface area contributed by atoms with Gasteiger partial charge in [0.05, 0.1) is 12.8 Å². The fraction of sp³-hybridized carbons (Fsp3) is 0.190. The van der Waals surface area contributed by atoms with Crippen LogP contribution in [0, 0.1) is 19.9 Å². The van der Waals surface area contributed by atoms with Crippen molar-refractivity contribution in [3.8, 4) is 22.8 Å². The number of hydrogen-bond donors (Lipinski definition) is 1. The number of hydrogen-bond acceptors (Lipinski definition) is 5. The molecular formula is C21H22IrN3O2-. The Bertz CT molecular complexity index is 898. The molecule has 3 aromatic rings. The van der Waals surface area contributed by atoms with Crippen LogP contribution in [-0.4, -0.2) is 35.4 Å². The third kappa shape index (κ3) is 6.59. The van der Waals surface area contributed by atoms with Gasteiger partial charge in [-0.1, -0.05) is 12.1 Å². The van der Waals surface area contributed by atoms with E-state index in [2.05, 4.69) is 21.0 Å². The first-order valence-electron chi connectivity index (χ1n) is 8.11. The number of rotatable bonds is 3. The number of benzene rings is 2. The van der Waals surface area contributed by atoms with E-state index in [1.807, 2.05) is 44.2 Å². The zero-order valence-electron chi connectivity index (χ0n) is 15.7. The second-order valence-corrected chi connectivity index (χ2v) is 5.53. The van der Waals surface area contributed by atoms with Gasteiger partial charge in [-0.15, -0.1) is 29.8 Å². The third-order valence-electron chi connectivity index (χ3n) is 3.54. The molecule has 0 fully saturated rings. The standard InChI is InChI=1S/C13H13N2O.C8H9NO.Ir/c1-9-8-14-13(10(2)15-9)11-5-4-6-12(7-11)16-3;1-9-6-7-4-2-3-5-8(7)10;/h4,6-8H,1-3H3;2-6,10H,1H3;/q-1;;. The number of ether oxygens (including phenoxy) is 1. The van der Waals surface area contributed by atoms with Crippen LogP contribution in [0.1, 0.15) is 17.0 Å². The third-order valence-corrected chi connectivity index (χ3v) is 3.54. The maximum Gasteiger partial charge on any atom is 0.124 e. The van der Waals surface area contributed by atoms with Gasteiger partial charge in [0, 0.05) is 62.3 Å². The fourth-order valence-corrected chi connectivity index (χ4v) is 2.31. The van der Waals surface area contributed by atoms with E-state index in [0.29, 0.717) is 0 Å². The zero-order valence-corrected chi connectivity index (χ0v) is 18.1. The zero-order chi connectivity index (χ0) is 18.9. The number of phenols is 1. The summed E-state index contributed by atoms with van der Waals surface area (Å²) in [5, 5.41) is 9.15. The van der Waals surface area contributed by atoms with Crippen LogP contribution in [0.15, 0.2) is 53.7 Å². The molecule has 0 amide bonds. The van der Waals surface area contributed by atoms with E-state index in [4.69, 9.17) is 9.84 Å². The minimum Gasteiger partial charge on any atom is -0.516 e. The predicted molar refractivity (Wildman–Crippen MR) is 104 cm³/mol. The molecule has 1 radical (unpaired) electrons. The summed E-state index contributed by atoms with van der Waals surface area (Å²) in [6.45, 7) is 3.88. The van der Waals surface area contributed by atoms with Gasteiger partial charge in [0.25, 0.3) is 0 Å². The van der Waals surface area contributed by atoms with Gasteiger partial charge in [0.15, 0.2) is 0 Å². The van der Waals surface area contributed by atoms with Gasteiger partial charge in [-0.25, -0.2) is 0 Å². The van der Waals surface area contributed by atoms with Crippen LogP contribution in [0.3, 0.4) is 0 Å². The van der Waals surface area contributed by atoms with E-state index < -0.39 is 0 Å². The second-order valence-electron chi connectivity index (χ2n) is 5.53. The molecule has 0 unspecified atom stereocenters. The van der Waals surface area contributed by atoms with Crippen LogP contribution in [0.4, 0.5) is 0 Å². The maximum absolute atomic E-state index is 9.15. The Labute approximate surface area is 173 Å². The molecule has 0 aliphatic carbocycles. The summed E-state index contributed by atoms with van der Waals surface area (Å²) in [5.41, 5.74) is 4.34. The largest absolute Gasteiger partial charge is 0.516 e. The number of para-hydroxylation sites is 1. The second kappa shape index (κ2) is 11.2. The normalized spacial score (nSPS) is 9.93.